The topological polar surface area (TPSA) is 69.6 Å². The number of hydrogen-bond acceptors (Lipinski definition) is 2. The normalized spacial score (nSPS) is 31.6. The van der Waals surface area contributed by atoms with Crippen LogP contribution in [0.1, 0.15) is 39.0 Å². The molecule has 0 aromatic carbocycles. The van der Waals surface area contributed by atoms with Gasteiger partial charge < -0.3 is 15.3 Å². The maximum absolute atomic E-state index is 11.9. The lowest BCUT2D eigenvalue weighted by molar-refractivity contribution is -0.141. The Hall–Kier alpha value is -1.26. The van der Waals surface area contributed by atoms with Crippen molar-refractivity contribution in [3.05, 3.63) is 0 Å². The summed E-state index contributed by atoms with van der Waals surface area (Å²) in [4.78, 5) is 24.4. The molecule has 2 N–H and O–H groups in total. The van der Waals surface area contributed by atoms with Gasteiger partial charge in [0, 0.05) is 13.1 Å². The van der Waals surface area contributed by atoms with E-state index in [4.69, 9.17) is 5.11 Å². The van der Waals surface area contributed by atoms with E-state index in [2.05, 4.69) is 12.2 Å². The van der Waals surface area contributed by atoms with E-state index in [1.54, 1.807) is 0 Å². The fourth-order valence-electron chi connectivity index (χ4n) is 3.11. The molecule has 0 radical (unpaired) electrons. The average Bonchev–Trinajstić information content (AvgIpc) is 2.94. The Balaban J connectivity index is 1.79. The third kappa shape index (κ3) is 2.94. The molecule has 102 valence electrons. The second-order valence-corrected chi connectivity index (χ2v) is 5.66. The summed E-state index contributed by atoms with van der Waals surface area (Å²) >= 11 is 0. The van der Waals surface area contributed by atoms with Crippen LogP contribution in [0.5, 0.6) is 0 Å². The zero-order valence-corrected chi connectivity index (χ0v) is 10.9. The second kappa shape index (κ2) is 5.59. The molecule has 1 aliphatic heterocycles. The third-order valence-electron chi connectivity index (χ3n) is 4.14. The highest BCUT2D eigenvalue weighted by Gasteiger charge is 2.34. The number of carboxylic acid groups (broad SMARTS) is 1. The van der Waals surface area contributed by atoms with Gasteiger partial charge in [0.1, 0.15) is 6.04 Å². The quantitative estimate of drug-likeness (QED) is 0.805. The first-order chi connectivity index (χ1) is 8.58. The van der Waals surface area contributed by atoms with Crippen LogP contribution in [0.4, 0.5) is 4.79 Å². The van der Waals surface area contributed by atoms with Crippen molar-refractivity contribution in [2.24, 2.45) is 11.8 Å². The molecule has 0 spiro atoms. The molecule has 0 bridgehead atoms. The molecule has 3 atom stereocenters. The number of amides is 2. The summed E-state index contributed by atoms with van der Waals surface area (Å²) in [5, 5.41) is 11.9. The van der Waals surface area contributed by atoms with Crippen LogP contribution in [0.2, 0.25) is 0 Å². The van der Waals surface area contributed by atoms with Gasteiger partial charge in [-0.15, -0.1) is 0 Å². The van der Waals surface area contributed by atoms with Crippen LogP contribution >= 0.6 is 0 Å². The van der Waals surface area contributed by atoms with Gasteiger partial charge in [0.05, 0.1) is 0 Å². The lowest BCUT2D eigenvalue weighted by Crippen LogP contribution is -2.46. The van der Waals surface area contributed by atoms with Crippen molar-refractivity contribution in [1.82, 2.24) is 10.2 Å². The van der Waals surface area contributed by atoms with Gasteiger partial charge in [-0.3, -0.25) is 0 Å². The highest BCUT2D eigenvalue weighted by Crippen LogP contribution is 2.29. The van der Waals surface area contributed by atoms with Crippen LogP contribution in [0.25, 0.3) is 0 Å². The molecule has 1 heterocycles. The number of nitrogens with one attached hydrogen (secondary N) is 1. The van der Waals surface area contributed by atoms with Gasteiger partial charge in [0.15, 0.2) is 0 Å². The minimum absolute atomic E-state index is 0.209. The third-order valence-corrected chi connectivity index (χ3v) is 4.14. The van der Waals surface area contributed by atoms with E-state index >= 15 is 0 Å². The largest absolute Gasteiger partial charge is 0.480 e. The van der Waals surface area contributed by atoms with Gasteiger partial charge in [0.25, 0.3) is 0 Å². The van der Waals surface area contributed by atoms with E-state index in [1.165, 1.54) is 24.2 Å². The number of likely N-dealkylation sites (tertiary alicyclic amines) is 1. The Morgan fingerprint density at radius 2 is 2.11 bits per heavy atom. The van der Waals surface area contributed by atoms with E-state index in [1.807, 2.05) is 0 Å². The van der Waals surface area contributed by atoms with Crippen molar-refractivity contribution in [2.45, 2.75) is 45.1 Å². The molecule has 2 aliphatic rings. The summed E-state index contributed by atoms with van der Waals surface area (Å²) in [7, 11) is 0. The average molecular weight is 254 g/mol. The van der Waals surface area contributed by atoms with Crippen molar-refractivity contribution in [3.8, 4) is 0 Å². The summed E-state index contributed by atoms with van der Waals surface area (Å²) in [6, 6.07) is -0.841. The molecule has 5 nitrogen and oxygen atoms in total. The minimum atomic E-state index is -0.892. The first-order valence-corrected chi connectivity index (χ1v) is 6.85. The molecule has 18 heavy (non-hydrogen) atoms. The summed E-state index contributed by atoms with van der Waals surface area (Å²) < 4.78 is 0. The monoisotopic (exact) mass is 254 g/mol. The Labute approximate surface area is 108 Å². The maximum atomic E-state index is 11.9. The van der Waals surface area contributed by atoms with Crippen molar-refractivity contribution in [2.75, 3.05) is 13.1 Å². The fraction of sp³-hybridized carbons (Fsp3) is 0.846. The van der Waals surface area contributed by atoms with Crippen LogP contribution in [0.15, 0.2) is 0 Å². The van der Waals surface area contributed by atoms with E-state index in [9.17, 15) is 9.59 Å². The molecule has 2 unspecified atom stereocenters. The van der Waals surface area contributed by atoms with Crippen LogP contribution < -0.4 is 5.32 Å². The summed E-state index contributed by atoms with van der Waals surface area (Å²) in [6.45, 7) is 3.48. The van der Waals surface area contributed by atoms with Crippen LogP contribution in [-0.4, -0.2) is 41.1 Å². The predicted molar refractivity (Wildman–Crippen MR) is 67.3 cm³/mol. The molecule has 2 fully saturated rings. The zero-order valence-electron chi connectivity index (χ0n) is 10.9. The fourth-order valence-corrected chi connectivity index (χ4v) is 3.11. The molecular weight excluding hydrogens is 232 g/mol. The number of nitrogens with zero attached hydrogens (tertiary/aromatic N) is 1. The van der Waals surface area contributed by atoms with Crippen molar-refractivity contribution in [1.29, 1.82) is 0 Å². The lowest BCUT2D eigenvalue weighted by atomic mass is 10.1. The van der Waals surface area contributed by atoms with E-state index < -0.39 is 12.0 Å². The number of carboxylic acids is 1. The summed E-state index contributed by atoms with van der Waals surface area (Å²) in [5.74, 6) is 0.428. The van der Waals surface area contributed by atoms with Crippen molar-refractivity contribution >= 4 is 12.0 Å². The number of rotatable bonds is 3. The minimum Gasteiger partial charge on any atom is -0.480 e. The molecule has 0 aromatic heterocycles. The first-order valence-electron chi connectivity index (χ1n) is 6.85. The van der Waals surface area contributed by atoms with Crippen LogP contribution in [0, 0.1) is 11.8 Å². The standard InChI is InChI=1S/C13H22N2O3/c1-9-4-5-10(7-9)8-14-13(18)15-6-2-3-11(15)12(16)17/h9-11H,2-8H2,1H3,(H,14,18)(H,16,17)/t9?,10?,11-/m0/s1. The number of carbonyl (C=O) groups excluding carboxylic acids is 1. The summed E-state index contributed by atoms with van der Waals surface area (Å²) in [5.41, 5.74) is 0. The molecular formula is C13H22N2O3. The SMILES string of the molecule is CC1CCC(CNC(=O)N2CCC[C@H]2C(=O)O)C1. The van der Waals surface area contributed by atoms with Gasteiger partial charge in [0.2, 0.25) is 0 Å². The zero-order chi connectivity index (χ0) is 13.1. The smallest absolute Gasteiger partial charge is 0.326 e. The van der Waals surface area contributed by atoms with Crippen molar-refractivity contribution < 1.29 is 14.7 Å². The Kier molecular flexibility index (Phi) is 4.09. The van der Waals surface area contributed by atoms with Crippen LogP contribution in [0.3, 0.4) is 0 Å². The van der Waals surface area contributed by atoms with Gasteiger partial charge in [-0.1, -0.05) is 13.3 Å². The Morgan fingerprint density at radius 3 is 2.72 bits per heavy atom. The molecule has 2 rings (SSSR count). The van der Waals surface area contributed by atoms with Gasteiger partial charge in [-0.25, -0.2) is 9.59 Å². The van der Waals surface area contributed by atoms with Crippen molar-refractivity contribution in [3.63, 3.8) is 0 Å². The van der Waals surface area contributed by atoms with Gasteiger partial charge in [-0.2, -0.15) is 0 Å². The molecule has 0 aromatic rings. The van der Waals surface area contributed by atoms with E-state index in [0.29, 0.717) is 25.4 Å². The van der Waals surface area contributed by atoms with E-state index in [-0.39, 0.29) is 6.03 Å². The Bertz CT molecular complexity index is 332. The highest BCUT2D eigenvalue weighted by atomic mass is 16.4. The van der Waals surface area contributed by atoms with Gasteiger partial charge >= 0.3 is 12.0 Å². The molecule has 1 aliphatic carbocycles. The highest BCUT2D eigenvalue weighted by molar-refractivity contribution is 5.83. The lowest BCUT2D eigenvalue weighted by Gasteiger charge is -2.22. The molecule has 1 saturated carbocycles. The number of carbonyl (C=O) groups is 2. The molecule has 5 heteroatoms. The molecule has 2 amide bonds. The maximum Gasteiger partial charge on any atom is 0.326 e. The number of aliphatic carboxylic acids is 1. The number of urea groups is 1. The Morgan fingerprint density at radius 1 is 1.33 bits per heavy atom. The van der Waals surface area contributed by atoms with Crippen LogP contribution in [-0.2, 0) is 4.79 Å². The first kappa shape index (κ1) is 13.2. The van der Waals surface area contributed by atoms with E-state index in [0.717, 1.165) is 12.3 Å². The van der Waals surface area contributed by atoms with Gasteiger partial charge in [-0.05, 0) is 37.5 Å². The predicted octanol–water partition coefficient (Wildman–Crippen LogP) is 1.68. The molecule has 1 saturated heterocycles. The number of hydrogen-bond donors (Lipinski definition) is 2. The summed E-state index contributed by atoms with van der Waals surface area (Å²) in [6.07, 6.45) is 4.93. The second-order valence-electron chi connectivity index (χ2n) is 5.66.